The molecule has 0 bridgehead atoms. The second-order valence-corrected chi connectivity index (χ2v) is 7.47. The largest absolute Gasteiger partial charge is 0.345 e. The maximum absolute atomic E-state index is 12.5. The van der Waals surface area contributed by atoms with Crippen molar-refractivity contribution in [3.8, 4) is 5.69 Å². The van der Waals surface area contributed by atoms with Crippen molar-refractivity contribution < 1.29 is 4.79 Å². The number of aromatic nitrogens is 2. The van der Waals surface area contributed by atoms with Crippen molar-refractivity contribution in [1.29, 1.82) is 0 Å². The van der Waals surface area contributed by atoms with E-state index in [1.54, 1.807) is 0 Å². The molecule has 0 saturated heterocycles. The summed E-state index contributed by atoms with van der Waals surface area (Å²) in [6.07, 6.45) is 0. The van der Waals surface area contributed by atoms with Gasteiger partial charge >= 0.3 is 0 Å². The van der Waals surface area contributed by atoms with E-state index in [1.165, 1.54) is 0 Å². The fraction of sp³-hybridized carbons (Fsp3) is 0.444. The van der Waals surface area contributed by atoms with E-state index in [4.69, 9.17) is 5.73 Å². The Bertz CT molecular complexity index is 742. The summed E-state index contributed by atoms with van der Waals surface area (Å²) in [5.74, 6) is 0.135. The van der Waals surface area contributed by atoms with E-state index in [0.717, 1.165) is 21.5 Å². The second kappa shape index (κ2) is 8.34. The van der Waals surface area contributed by atoms with Gasteiger partial charge in [-0.15, -0.1) is 12.4 Å². The Morgan fingerprint density at radius 3 is 2.28 bits per heavy atom. The van der Waals surface area contributed by atoms with Crippen LogP contribution in [0.3, 0.4) is 0 Å². The topological polar surface area (TPSA) is 72.9 Å². The summed E-state index contributed by atoms with van der Waals surface area (Å²) in [4.78, 5) is 12.5. The number of benzene rings is 1. The molecule has 0 spiro atoms. The number of hydrogen-bond acceptors (Lipinski definition) is 3. The average Bonchev–Trinajstić information content (AvgIpc) is 2.82. The molecule has 1 unspecified atom stereocenters. The Balaban J connectivity index is 0.00000312. The fourth-order valence-electron chi connectivity index (χ4n) is 2.39. The van der Waals surface area contributed by atoms with E-state index in [1.807, 2.05) is 49.7 Å². The van der Waals surface area contributed by atoms with Gasteiger partial charge in [0.1, 0.15) is 0 Å². The lowest BCUT2D eigenvalue weighted by molar-refractivity contribution is 0.0883. The van der Waals surface area contributed by atoms with E-state index < -0.39 is 5.54 Å². The lowest BCUT2D eigenvalue weighted by Gasteiger charge is -2.33. The van der Waals surface area contributed by atoms with Crippen LogP contribution < -0.4 is 11.1 Å². The number of carbonyl (C=O) groups is 1. The molecule has 7 heteroatoms. The van der Waals surface area contributed by atoms with Gasteiger partial charge in [-0.25, -0.2) is 4.68 Å². The fourth-order valence-corrected chi connectivity index (χ4v) is 2.64. The normalized spacial score (nSPS) is 13.3. The van der Waals surface area contributed by atoms with Crippen LogP contribution in [0, 0.1) is 19.8 Å². The van der Waals surface area contributed by atoms with E-state index in [0.29, 0.717) is 12.1 Å². The first-order chi connectivity index (χ1) is 11.2. The summed E-state index contributed by atoms with van der Waals surface area (Å²) < 4.78 is 2.86. The first-order valence-electron chi connectivity index (χ1n) is 8.04. The van der Waals surface area contributed by atoms with E-state index in [9.17, 15) is 4.79 Å². The van der Waals surface area contributed by atoms with Gasteiger partial charge in [-0.3, -0.25) is 4.79 Å². The molecule has 1 atom stereocenters. The lowest BCUT2D eigenvalue weighted by atomic mass is 9.88. The highest BCUT2D eigenvalue weighted by Crippen LogP contribution is 2.23. The zero-order chi connectivity index (χ0) is 18.1. The quantitative estimate of drug-likeness (QED) is 0.759. The molecule has 1 amide bonds. The SMILES string of the molecule is Cc1nn(-c2ccc(C(=O)NC(C)(CN)C(C)C)cc2)c(C)c1Br.Cl. The van der Waals surface area contributed by atoms with E-state index in [2.05, 4.69) is 40.2 Å². The van der Waals surface area contributed by atoms with E-state index in [-0.39, 0.29) is 24.2 Å². The van der Waals surface area contributed by atoms with Gasteiger partial charge < -0.3 is 11.1 Å². The number of hydrogen-bond donors (Lipinski definition) is 2. The number of carbonyl (C=O) groups excluding carboxylic acids is 1. The van der Waals surface area contributed by atoms with Crippen LogP contribution in [0.1, 0.15) is 42.5 Å². The minimum absolute atomic E-state index is 0. The highest BCUT2D eigenvalue weighted by molar-refractivity contribution is 9.10. The van der Waals surface area contributed by atoms with Crippen LogP contribution in [-0.4, -0.2) is 27.8 Å². The summed E-state index contributed by atoms with van der Waals surface area (Å²) in [6.45, 7) is 10.4. The molecule has 2 aromatic rings. The molecule has 0 fully saturated rings. The van der Waals surface area contributed by atoms with Crippen molar-refractivity contribution in [1.82, 2.24) is 15.1 Å². The number of nitrogens with zero attached hydrogens (tertiary/aromatic N) is 2. The molecule has 0 aliphatic rings. The zero-order valence-electron chi connectivity index (χ0n) is 15.3. The molecule has 138 valence electrons. The second-order valence-electron chi connectivity index (χ2n) is 6.67. The maximum atomic E-state index is 12.5. The van der Waals surface area contributed by atoms with E-state index >= 15 is 0 Å². The Morgan fingerprint density at radius 1 is 1.32 bits per heavy atom. The van der Waals surface area contributed by atoms with Gasteiger partial charge in [-0.1, -0.05) is 13.8 Å². The summed E-state index contributed by atoms with van der Waals surface area (Å²) in [5, 5.41) is 7.55. The van der Waals surface area contributed by atoms with Crippen LogP contribution in [0.15, 0.2) is 28.7 Å². The summed E-state index contributed by atoms with van der Waals surface area (Å²) >= 11 is 3.53. The molecule has 0 aliphatic heterocycles. The molecule has 1 heterocycles. The number of nitrogens with two attached hydrogens (primary N) is 1. The molecular formula is C18H26BrClN4O. The third-order valence-corrected chi connectivity index (χ3v) is 5.82. The van der Waals surface area contributed by atoms with Gasteiger partial charge in [0.05, 0.1) is 27.1 Å². The molecule has 1 aromatic heterocycles. The third-order valence-electron chi connectivity index (χ3n) is 4.67. The van der Waals surface area contributed by atoms with Crippen molar-refractivity contribution in [2.75, 3.05) is 6.54 Å². The Hall–Kier alpha value is -1.37. The number of aryl methyl sites for hydroxylation is 1. The number of rotatable bonds is 5. The number of nitrogens with one attached hydrogen (secondary N) is 1. The van der Waals surface area contributed by atoms with Crippen molar-refractivity contribution >= 4 is 34.2 Å². The predicted octanol–water partition coefficient (Wildman–Crippen LogP) is 3.78. The maximum Gasteiger partial charge on any atom is 0.251 e. The van der Waals surface area contributed by atoms with Crippen LogP contribution in [0.2, 0.25) is 0 Å². The monoisotopic (exact) mass is 428 g/mol. The van der Waals surface area contributed by atoms with Crippen molar-refractivity contribution in [3.63, 3.8) is 0 Å². The van der Waals surface area contributed by atoms with Gasteiger partial charge in [-0.2, -0.15) is 5.10 Å². The number of amides is 1. The average molecular weight is 430 g/mol. The van der Waals surface area contributed by atoms with Crippen LogP contribution in [-0.2, 0) is 0 Å². The molecule has 0 aliphatic carbocycles. The summed E-state index contributed by atoms with van der Waals surface area (Å²) in [5.41, 5.74) is 8.91. The van der Waals surface area contributed by atoms with Crippen molar-refractivity contribution in [3.05, 3.63) is 45.7 Å². The standard InChI is InChI=1S/C18H25BrN4O.ClH/c1-11(2)18(5,10-20)21-17(24)14-6-8-15(9-7-14)23-13(4)16(19)12(3)22-23;/h6-9,11H,10,20H2,1-5H3,(H,21,24);1H. The predicted molar refractivity (Wildman–Crippen MR) is 108 cm³/mol. The molecule has 3 N–H and O–H groups in total. The lowest BCUT2D eigenvalue weighted by Crippen LogP contribution is -2.55. The molecule has 0 saturated carbocycles. The molecular weight excluding hydrogens is 404 g/mol. The Labute approximate surface area is 163 Å². The van der Waals surface area contributed by atoms with Crippen LogP contribution >= 0.6 is 28.3 Å². The van der Waals surface area contributed by atoms with Crippen LogP contribution in [0.25, 0.3) is 5.69 Å². The minimum Gasteiger partial charge on any atom is -0.345 e. The van der Waals surface area contributed by atoms with Crippen molar-refractivity contribution in [2.24, 2.45) is 11.7 Å². The molecule has 2 rings (SSSR count). The summed E-state index contributed by atoms with van der Waals surface area (Å²) in [7, 11) is 0. The van der Waals surface area contributed by atoms with Gasteiger partial charge in [0.25, 0.3) is 5.91 Å². The highest BCUT2D eigenvalue weighted by atomic mass is 79.9. The highest BCUT2D eigenvalue weighted by Gasteiger charge is 2.28. The molecule has 25 heavy (non-hydrogen) atoms. The minimum atomic E-state index is -0.420. The summed E-state index contributed by atoms with van der Waals surface area (Å²) in [6, 6.07) is 7.42. The van der Waals surface area contributed by atoms with Gasteiger partial charge in [0, 0.05) is 12.1 Å². The van der Waals surface area contributed by atoms with Gasteiger partial charge in [-0.05, 0) is 66.9 Å². The van der Waals surface area contributed by atoms with Gasteiger partial charge in [0.15, 0.2) is 0 Å². The Morgan fingerprint density at radius 2 is 1.88 bits per heavy atom. The van der Waals surface area contributed by atoms with Crippen LogP contribution in [0.4, 0.5) is 0 Å². The third kappa shape index (κ3) is 4.43. The smallest absolute Gasteiger partial charge is 0.251 e. The van der Waals surface area contributed by atoms with Crippen molar-refractivity contribution in [2.45, 2.75) is 40.2 Å². The zero-order valence-corrected chi connectivity index (χ0v) is 17.7. The molecule has 0 radical (unpaired) electrons. The molecule has 5 nitrogen and oxygen atoms in total. The number of halogens is 2. The van der Waals surface area contributed by atoms with Crippen LogP contribution in [0.5, 0.6) is 0 Å². The first-order valence-corrected chi connectivity index (χ1v) is 8.83. The van der Waals surface area contributed by atoms with Gasteiger partial charge in [0.2, 0.25) is 0 Å². The Kier molecular flexibility index (Phi) is 7.23. The molecule has 1 aromatic carbocycles. The first kappa shape index (κ1) is 21.7.